The van der Waals surface area contributed by atoms with E-state index in [1.54, 1.807) is 23.3 Å². The van der Waals surface area contributed by atoms with Crippen molar-refractivity contribution in [3.8, 4) is 5.82 Å². The van der Waals surface area contributed by atoms with Gasteiger partial charge in [-0.2, -0.15) is 0 Å². The van der Waals surface area contributed by atoms with Crippen LogP contribution in [0.5, 0.6) is 0 Å². The molecular weight excluding hydrogens is 316 g/mol. The summed E-state index contributed by atoms with van der Waals surface area (Å²) in [6.07, 6.45) is 7.95. The number of carbonyl (C=O) groups excluding carboxylic acids is 1. The van der Waals surface area contributed by atoms with Crippen molar-refractivity contribution in [3.63, 3.8) is 0 Å². The second-order valence-corrected chi connectivity index (χ2v) is 6.97. The topological polar surface area (TPSA) is 75.9 Å². The Hall–Kier alpha value is -2.28. The van der Waals surface area contributed by atoms with Crippen molar-refractivity contribution in [3.05, 3.63) is 36.5 Å². The molecule has 7 nitrogen and oxygen atoms in total. The van der Waals surface area contributed by atoms with Crippen LogP contribution >= 0.6 is 0 Å². The van der Waals surface area contributed by atoms with Gasteiger partial charge in [0, 0.05) is 13.1 Å². The zero-order valence-electron chi connectivity index (χ0n) is 14.3. The fourth-order valence-electron chi connectivity index (χ4n) is 4.06. The Morgan fingerprint density at radius 2 is 1.68 bits per heavy atom. The summed E-state index contributed by atoms with van der Waals surface area (Å²) in [5.74, 6) is 2.29. The first-order valence-electron chi connectivity index (χ1n) is 9.13. The van der Waals surface area contributed by atoms with Crippen molar-refractivity contribution in [1.82, 2.24) is 30.0 Å². The minimum atomic E-state index is 0.0266. The highest BCUT2D eigenvalue weighted by Crippen LogP contribution is 2.31. The lowest BCUT2D eigenvalue weighted by Crippen LogP contribution is -2.42. The molecule has 7 heteroatoms. The Labute approximate surface area is 147 Å². The number of piperidine rings is 2. The molecule has 2 aliphatic heterocycles. The molecule has 0 aliphatic carbocycles. The second kappa shape index (κ2) is 7.31. The summed E-state index contributed by atoms with van der Waals surface area (Å²) in [5, 5.41) is 11.0. The van der Waals surface area contributed by atoms with Crippen molar-refractivity contribution < 1.29 is 4.79 Å². The number of nitrogens with one attached hydrogen (secondary N) is 1. The van der Waals surface area contributed by atoms with Crippen molar-refractivity contribution in [1.29, 1.82) is 0 Å². The monoisotopic (exact) mass is 340 g/mol. The highest BCUT2D eigenvalue weighted by molar-refractivity contribution is 5.92. The molecule has 0 bridgehead atoms. The molecule has 0 atom stereocenters. The molecule has 4 heterocycles. The highest BCUT2D eigenvalue weighted by atomic mass is 16.2. The van der Waals surface area contributed by atoms with Crippen molar-refractivity contribution in [2.45, 2.75) is 25.7 Å². The summed E-state index contributed by atoms with van der Waals surface area (Å²) in [6, 6.07) is 5.50. The number of pyridine rings is 1. The zero-order chi connectivity index (χ0) is 17.1. The second-order valence-electron chi connectivity index (χ2n) is 6.97. The molecular formula is C18H24N6O. The third-order valence-electron chi connectivity index (χ3n) is 5.51. The van der Waals surface area contributed by atoms with Gasteiger partial charge in [-0.25, -0.2) is 4.98 Å². The number of carbonyl (C=O) groups is 1. The van der Waals surface area contributed by atoms with Crippen LogP contribution in [-0.2, 0) is 0 Å². The van der Waals surface area contributed by atoms with E-state index in [9.17, 15) is 4.79 Å². The van der Waals surface area contributed by atoms with Crippen molar-refractivity contribution in [2.24, 2.45) is 11.8 Å². The summed E-state index contributed by atoms with van der Waals surface area (Å²) in [7, 11) is 0. The summed E-state index contributed by atoms with van der Waals surface area (Å²) in [6.45, 7) is 3.96. The van der Waals surface area contributed by atoms with Crippen LogP contribution in [0, 0.1) is 11.8 Å². The molecule has 0 radical (unpaired) electrons. The molecule has 132 valence electrons. The van der Waals surface area contributed by atoms with Crippen LogP contribution in [0.3, 0.4) is 0 Å². The first-order valence-corrected chi connectivity index (χ1v) is 9.13. The van der Waals surface area contributed by atoms with Crippen molar-refractivity contribution in [2.75, 3.05) is 26.2 Å². The Bertz CT molecular complexity index is 702. The lowest BCUT2D eigenvalue weighted by atomic mass is 9.79. The molecule has 2 aliphatic rings. The van der Waals surface area contributed by atoms with E-state index in [1.807, 2.05) is 17.0 Å². The van der Waals surface area contributed by atoms with E-state index in [0.29, 0.717) is 11.5 Å². The molecule has 25 heavy (non-hydrogen) atoms. The van der Waals surface area contributed by atoms with Crippen LogP contribution in [0.4, 0.5) is 0 Å². The third-order valence-corrected chi connectivity index (χ3v) is 5.51. The Kier molecular flexibility index (Phi) is 4.74. The molecule has 0 unspecified atom stereocenters. The van der Waals surface area contributed by atoms with Crippen molar-refractivity contribution >= 4 is 5.91 Å². The lowest BCUT2D eigenvalue weighted by molar-refractivity contribution is 0.0636. The summed E-state index contributed by atoms with van der Waals surface area (Å²) in [5.41, 5.74) is 0.492. The SMILES string of the molecule is O=C(c1cccc(-n2cnnc2)n1)N1CCC(C2CCNCC2)CC1. The predicted octanol–water partition coefficient (Wildman–Crippen LogP) is 1.51. The van der Waals surface area contributed by atoms with E-state index in [2.05, 4.69) is 20.5 Å². The number of hydrogen-bond donors (Lipinski definition) is 1. The van der Waals surface area contributed by atoms with E-state index >= 15 is 0 Å². The van der Waals surface area contributed by atoms with Gasteiger partial charge < -0.3 is 10.2 Å². The predicted molar refractivity (Wildman–Crippen MR) is 93.4 cm³/mol. The quantitative estimate of drug-likeness (QED) is 0.917. The van der Waals surface area contributed by atoms with Crippen LogP contribution in [-0.4, -0.2) is 56.7 Å². The third kappa shape index (κ3) is 3.56. The molecule has 2 saturated heterocycles. The molecule has 1 N–H and O–H groups in total. The number of nitrogens with zero attached hydrogens (tertiary/aromatic N) is 5. The van der Waals surface area contributed by atoms with Gasteiger partial charge in [0.25, 0.3) is 5.91 Å². The number of likely N-dealkylation sites (tertiary alicyclic amines) is 1. The van der Waals surface area contributed by atoms with E-state index < -0.39 is 0 Å². The average Bonchev–Trinajstić information content (AvgIpc) is 3.23. The van der Waals surface area contributed by atoms with E-state index in [1.165, 1.54) is 12.8 Å². The number of aromatic nitrogens is 4. The summed E-state index contributed by atoms with van der Waals surface area (Å²) >= 11 is 0. The molecule has 0 spiro atoms. The Morgan fingerprint density at radius 3 is 2.40 bits per heavy atom. The highest BCUT2D eigenvalue weighted by Gasteiger charge is 2.29. The van der Waals surface area contributed by atoms with E-state index in [4.69, 9.17) is 0 Å². The molecule has 2 fully saturated rings. The molecule has 2 aromatic rings. The minimum absolute atomic E-state index is 0.0266. The maximum Gasteiger partial charge on any atom is 0.272 e. The van der Waals surface area contributed by atoms with Gasteiger partial charge in [0.2, 0.25) is 0 Å². The van der Waals surface area contributed by atoms with E-state index in [-0.39, 0.29) is 5.91 Å². The van der Waals surface area contributed by atoms with Gasteiger partial charge in [0.05, 0.1) is 0 Å². The largest absolute Gasteiger partial charge is 0.337 e. The summed E-state index contributed by atoms with van der Waals surface area (Å²) < 4.78 is 1.71. The fourth-order valence-corrected chi connectivity index (χ4v) is 4.06. The molecule has 2 aromatic heterocycles. The lowest BCUT2D eigenvalue weighted by Gasteiger charge is -2.37. The van der Waals surface area contributed by atoms with E-state index in [0.717, 1.165) is 50.9 Å². The standard InChI is InChI=1S/C18H24N6O/c25-18(16-2-1-3-17(22-16)24-12-20-21-13-24)23-10-6-15(7-11-23)14-4-8-19-9-5-14/h1-3,12-15,19H,4-11H2. The van der Waals surface area contributed by atoms with Crippen LogP contribution < -0.4 is 5.32 Å². The average molecular weight is 340 g/mol. The summed E-state index contributed by atoms with van der Waals surface area (Å²) in [4.78, 5) is 19.3. The smallest absolute Gasteiger partial charge is 0.272 e. The van der Waals surface area contributed by atoms with Crippen LogP contribution in [0.15, 0.2) is 30.9 Å². The van der Waals surface area contributed by atoms with Crippen LogP contribution in [0.1, 0.15) is 36.2 Å². The molecule has 1 amide bonds. The van der Waals surface area contributed by atoms with Gasteiger partial charge in [-0.05, 0) is 62.7 Å². The zero-order valence-corrected chi connectivity index (χ0v) is 14.3. The van der Waals surface area contributed by atoms with Crippen LogP contribution in [0.2, 0.25) is 0 Å². The maximum atomic E-state index is 12.8. The Balaban J connectivity index is 1.40. The number of rotatable bonds is 3. The van der Waals surface area contributed by atoms with Gasteiger partial charge >= 0.3 is 0 Å². The van der Waals surface area contributed by atoms with Gasteiger partial charge in [-0.15, -0.1) is 10.2 Å². The van der Waals surface area contributed by atoms with Gasteiger partial charge in [-0.3, -0.25) is 9.36 Å². The Morgan fingerprint density at radius 1 is 1.00 bits per heavy atom. The molecule has 0 saturated carbocycles. The normalized spacial score (nSPS) is 19.9. The number of amides is 1. The molecule has 4 rings (SSSR count). The first kappa shape index (κ1) is 16.2. The van der Waals surface area contributed by atoms with Crippen LogP contribution in [0.25, 0.3) is 5.82 Å². The van der Waals surface area contributed by atoms with Gasteiger partial charge in [-0.1, -0.05) is 6.07 Å². The van der Waals surface area contributed by atoms with Gasteiger partial charge in [0.15, 0.2) is 0 Å². The molecule has 0 aromatic carbocycles. The number of hydrogen-bond acceptors (Lipinski definition) is 5. The minimum Gasteiger partial charge on any atom is -0.337 e. The maximum absolute atomic E-state index is 12.8. The fraction of sp³-hybridized carbons (Fsp3) is 0.556. The first-order chi connectivity index (χ1) is 12.3. The van der Waals surface area contributed by atoms with Gasteiger partial charge in [0.1, 0.15) is 24.2 Å².